The first-order chi connectivity index (χ1) is 17.8. The monoisotopic (exact) mass is 553 g/mol. The van der Waals surface area contributed by atoms with Gasteiger partial charge in [-0.3, -0.25) is 33.0 Å². The molecule has 5 atom stereocenters. The number of H-pyrrole nitrogens is 1. The summed E-state index contributed by atoms with van der Waals surface area (Å²) in [6.07, 6.45) is -4.50. The maximum absolute atomic E-state index is 12.6. The highest BCUT2D eigenvalue weighted by molar-refractivity contribution is 7.47. The van der Waals surface area contributed by atoms with Gasteiger partial charge in [0.05, 0.1) is 18.6 Å². The van der Waals surface area contributed by atoms with E-state index in [9.17, 15) is 34.1 Å². The second kappa shape index (κ2) is 9.09. The maximum atomic E-state index is 12.6. The molecule has 4 aromatic rings. The third-order valence-electron chi connectivity index (χ3n) is 6.60. The largest absolute Gasteiger partial charge is 0.472 e. The van der Waals surface area contributed by atoms with Gasteiger partial charge < -0.3 is 25.6 Å². The van der Waals surface area contributed by atoms with E-state index < -0.39 is 62.3 Å². The Morgan fingerprint density at radius 2 is 1.79 bits per heavy atom. The van der Waals surface area contributed by atoms with Crippen molar-refractivity contribution in [2.45, 2.75) is 51.9 Å². The zero-order chi connectivity index (χ0) is 27.7. The van der Waals surface area contributed by atoms with Gasteiger partial charge in [0, 0.05) is 16.8 Å². The van der Waals surface area contributed by atoms with E-state index >= 15 is 0 Å². The fraction of sp³-hybridized carbons (Fsp3) is 0.450. The molecule has 1 aliphatic rings. The summed E-state index contributed by atoms with van der Waals surface area (Å²) in [6.45, 7) is 3.43. The molecule has 0 aliphatic carbocycles. The fourth-order valence-corrected chi connectivity index (χ4v) is 5.10. The number of nitrogens with two attached hydrogens (primary N) is 1. The van der Waals surface area contributed by atoms with Crippen molar-refractivity contribution in [3.63, 3.8) is 0 Å². The van der Waals surface area contributed by atoms with Gasteiger partial charge in [0.15, 0.2) is 17.4 Å². The van der Waals surface area contributed by atoms with Crippen LogP contribution in [-0.2, 0) is 25.0 Å². The number of phosphoric acid groups is 1. The summed E-state index contributed by atoms with van der Waals surface area (Å²) >= 11 is 0. The van der Waals surface area contributed by atoms with Crippen molar-refractivity contribution in [2.75, 3.05) is 12.3 Å². The predicted molar refractivity (Wildman–Crippen MR) is 128 cm³/mol. The quantitative estimate of drug-likeness (QED) is 0.157. The minimum atomic E-state index is -4.77. The number of aryl methyl sites for hydroxylation is 1. The Kier molecular flexibility index (Phi) is 6.26. The second-order valence-corrected chi connectivity index (χ2v) is 10.3. The molecule has 0 bridgehead atoms. The van der Waals surface area contributed by atoms with Crippen molar-refractivity contribution >= 4 is 24.9 Å². The third-order valence-corrected chi connectivity index (χ3v) is 7.53. The molecule has 5 rings (SSSR count). The Bertz CT molecular complexity index is 1770. The van der Waals surface area contributed by atoms with Crippen LogP contribution < -0.4 is 22.4 Å². The standard InChI is InChI=1S/C20H24N7O10P/c1-7-9(3)26-10(8(2)18(32)27(26)17(7)31)4-35-38(33,34)36-5-11-13(28)14(29)19(37-11)25-6-22-12-15(25)23-20(21)24-16(12)30/h6,11,13-14,19,28-29H,4-5H2,1-3H3,(H,33,34)(H3,21,23,24,30)/t11-,13-,14-,19-/m1/s1. The number of anilines is 1. The Balaban J connectivity index is 1.30. The molecular weight excluding hydrogens is 529 g/mol. The SMILES string of the molecule is Cc1c(C)n2c(COP(=O)(O)OC[C@H]3O[C@@H](n4cnc5c(=O)[nH]c(N)nc54)[C@H](O)[C@@H]3O)c(C)c(=O)n2c1=O. The first kappa shape index (κ1) is 26.2. The molecule has 0 radical (unpaired) electrons. The Morgan fingerprint density at radius 3 is 2.50 bits per heavy atom. The van der Waals surface area contributed by atoms with Crippen LogP contribution in [0.4, 0.5) is 5.95 Å². The average Bonchev–Trinajstić information content (AvgIpc) is 3.53. The number of hydrogen-bond donors (Lipinski definition) is 5. The topological polar surface area (TPSA) is 238 Å². The molecule has 0 amide bonds. The van der Waals surface area contributed by atoms with Gasteiger partial charge in [-0.15, -0.1) is 0 Å². The molecule has 0 spiro atoms. The molecule has 4 aromatic heterocycles. The summed E-state index contributed by atoms with van der Waals surface area (Å²) in [4.78, 5) is 57.2. The Hall–Kier alpha value is -3.44. The first-order valence-corrected chi connectivity index (χ1v) is 12.7. The molecule has 204 valence electrons. The number of ether oxygens (including phenoxy) is 1. The van der Waals surface area contributed by atoms with Crippen LogP contribution in [-0.4, -0.2) is 68.6 Å². The lowest BCUT2D eigenvalue weighted by atomic mass is 10.1. The molecule has 0 saturated carbocycles. The highest BCUT2D eigenvalue weighted by Gasteiger charge is 2.45. The number of imidazole rings is 1. The number of aliphatic hydroxyl groups is 2. The number of nitrogen functional groups attached to an aromatic ring is 1. The van der Waals surface area contributed by atoms with Gasteiger partial charge in [0.25, 0.3) is 16.7 Å². The second-order valence-electron chi connectivity index (χ2n) is 8.88. The van der Waals surface area contributed by atoms with Crippen molar-refractivity contribution in [2.24, 2.45) is 0 Å². The number of rotatable bonds is 7. The van der Waals surface area contributed by atoms with Gasteiger partial charge in [-0.1, -0.05) is 0 Å². The predicted octanol–water partition coefficient (Wildman–Crippen LogP) is -1.91. The third kappa shape index (κ3) is 4.04. The molecule has 1 aliphatic heterocycles. The van der Waals surface area contributed by atoms with Gasteiger partial charge in [-0.05, 0) is 20.8 Å². The number of hydrogen-bond acceptors (Lipinski definition) is 12. The van der Waals surface area contributed by atoms with E-state index in [0.29, 0.717) is 11.3 Å². The van der Waals surface area contributed by atoms with E-state index in [-0.39, 0.29) is 28.4 Å². The minimum absolute atomic E-state index is 0.0102. The van der Waals surface area contributed by atoms with Crippen molar-refractivity contribution in [3.8, 4) is 0 Å². The smallest absolute Gasteiger partial charge is 0.387 e. The number of aromatic nitrogens is 6. The van der Waals surface area contributed by atoms with E-state index in [1.165, 1.54) is 22.3 Å². The lowest BCUT2D eigenvalue weighted by Crippen LogP contribution is -2.33. The molecule has 1 unspecified atom stereocenters. The van der Waals surface area contributed by atoms with Crippen LogP contribution in [0.3, 0.4) is 0 Å². The van der Waals surface area contributed by atoms with Crippen LogP contribution in [0.5, 0.6) is 0 Å². The highest BCUT2D eigenvalue weighted by atomic mass is 31.2. The number of nitrogens with zero attached hydrogens (tertiary/aromatic N) is 5. The fourth-order valence-electron chi connectivity index (χ4n) is 4.40. The molecule has 38 heavy (non-hydrogen) atoms. The Morgan fingerprint density at radius 1 is 1.11 bits per heavy atom. The number of aliphatic hydroxyl groups excluding tert-OH is 2. The van der Waals surface area contributed by atoms with Crippen LogP contribution in [0, 0.1) is 20.8 Å². The minimum Gasteiger partial charge on any atom is -0.387 e. The van der Waals surface area contributed by atoms with Gasteiger partial charge in [0.1, 0.15) is 24.9 Å². The lowest BCUT2D eigenvalue weighted by molar-refractivity contribution is -0.0516. The number of fused-ring (bicyclic) bond motifs is 2. The molecule has 1 fully saturated rings. The van der Waals surface area contributed by atoms with E-state index in [4.69, 9.17) is 19.5 Å². The van der Waals surface area contributed by atoms with Crippen molar-refractivity contribution in [1.29, 1.82) is 0 Å². The Labute approximate surface area is 211 Å². The molecule has 6 N–H and O–H groups in total. The van der Waals surface area contributed by atoms with E-state index in [1.54, 1.807) is 13.8 Å². The van der Waals surface area contributed by atoms with Crippen LogP contribution in [0.25, 0.3) is 11.2 Å². The summed E-state index contributed by atoms with van der Waals surface area (Å²) < 4.78 is 31.7. The highest BCUT2D eigenvalue weighted by Crippen LogP contribution is 2.45. The van der Waals surface area contributed by atoms with Crippen molar-refractivity contribution in [1.82, 2.24) is 28.5 Å². The van der Waals surface area contributed by atoms with Crippen LogP contribution in [0.1, 0.15) is 28.7 Å². The molecule has 1 saturated heterocycles. The molecule has 0 aromatic carbocycles. The molecule has 17 nitrogen and oxygen atoms in total. The number of nitrogens with one attached hydrogen (secondary N) is 1. The van der Waals surface area contributed by atoms with Gasteiger partial charge in [-0.25, -0.2) is 14.1 Å². The number of aromatic amines is 1. The van der Waals surface area contributed by atoms with E-state index in [1.807, 2.05) is 0 Å². The summed E-state index contributed by atoms with van der Waals surface area (Å²) in [7, 11) is -4.77. The average molecular weight is 553 g/mol. The maximum Gasteiger partial charge on any atom is 0.472 e. The van der Waals surface area contributed by atoms with Crippen molar-refractivity contribution in [3.05, 3.63) is 59.9 Å². The molecule has 5 heterocycles. The normalized spacial score (nSPS) is 23.5. The summed E-state index contributed by atoms with van der Waals surface area (Å²) in [6, 6.07) is 0. The summed E-state index contributed by atoms with van der Waals surface area (Å²) in [5, 5.41) is 21.0. The van der Waals surface area contributed by atoms with Crippen molar-refractivity contribution < 1.29 is 33.5 Å². The van der Waals surface area contributed by atoms with E-state index in [2.05, 4.69) is 15.0 Å². The number of phosphoric ester groups is 1. The van der Waals surface area contributed by atoms with E-state index in [0.717, 1.165) is 4.52 Å². The zero-order valence-electron chi connectivity index (χ0n) is 20.3. The first-order valence-electron chi connectivity index (χ1n) is 11.2. The van der Waals surface area contributed by atoms with Crippen LogP contribution in [0.2, 0.25) is 0 Å². The zero-order valence-corrected chi connectivity index (χ0v) is 21.2. The lowest BCUT2D eigenvalue weighted by Gasteiger charge is -2.18. The van der Waals surface area contributed by atoms with Gasteiger partial charge in [-0.2, -0.15) is 9.50 Å². The molecular formula is C20H24N7O10P. The van der Waals surface area contributed by atoms with Gasteiger partial charge >= 0.3 is 7.82 Å². The summed E-state index contributed by atoms with van der Waals surface area (Å²) in [5.74, 6) is -0.202. The molecule has 18 heteroatoms. The summed E-state index contributed by atoms with van der Waals surface area (Å²) in [5.41, 5.74) is 4.96. The van der Waals surface area contributed by atoms with Gasteiger partial charge in [0.2, 0.25) is 5.95 Å². The van der Waals surface area contributed by atoms with Crippen LogP contribution >= 0.6 is 7.82 Å². The van der Waals surface area contributed by atoms with Crippen LogP contribution in [0.15, 0.2) is 20.7 Å².